The van der Waals surface area contributed by atoms with Crippen molar-refractivity contribution in [2.75, 3.05) is 18.0 Å². The molecular weight excluding hydrogens is 384 g/mol. The Hall–Kier alpha value is -3.19. The van der Waals surface area contributed by atoms with Crippen molar-refractivity contribution < 1.29 is 5.11 Å². The lowest BCUT2D eigenvalue weighted by atomic mass is 10.2. The van der Waals surface area contributed by atoms with Crippen molar-refractivity contribution >= 4 is 29.8 Å². The minimum absolute atomic E-state index is 0.0813. The molecule has 1 N–H and O–H groups in total. The monoisotopic (exact) mass is 408 g/mol. The molecule has 29 heavy (non-hydrogen) atoms. The molecule has 0 atom stereocenters. The molecule has 1 aromatic heterocycles. The van der Waals surface area contributed by atoms with E-state index < -0.39 is 5.56 Å². The van der Waals surface area contributed by atoms with E-state index in [0.29, 0.717) is 11.4 Å². The standard InChI is InChI=1S/C22H24N4O2S/c1-4-25(5-2)17-13-11-16(12-14-17)23-15-19-20(27)24(3)22(29)26(21(19)28)18-9-7-6-8-10-18/h6-15,27H,4-5H2,1-3H3. The van der Waals surface area contributed by atoms with E-state index >= 15 is 0 Å². The molecule has 150 valence electrons. The highest BCUT2D eigenvalue weighted by molar-refractivity contribution is 7.71. The summed E-state index contributed by atoms with van der Waals surface area (Å²) in [7, 11) is 1.62. The number of nitrogens with zero attached hydrogens (tertiary/aromatic N) is 4. The molecule has 0 spiro atoms. The largest absolute Gasteiger partial charge is 0.494 e. The van der Waals surface area contributed by atoms with Crippen LogP contribution in [0.2, 0.25) is 0 Å². The fourth-order valence-corrected chi connectivity index (χ4v) is 3.39. The van der Waals surface area contributed by atoms with Gasteiger partial charge >= 0.3 is 0 Å². The van der Waals surface area contributed by atoms with E-state index in [1.165, 1.54) is 15.3 Å². The van der Waals surface area contributed by atoms with Gasteiger partial charge in [0.1, 0.15) is 5.56 Å². The lowest BCUT2D eigenvalue weighted by Crippen LogP contribution is -2.26. The van der Waals surface area contributed by atoms with Gasteiger partial charge in [-0.3, -0.25) is 18.9 Å². The Morgan fingerprint density at radius 3 is 2.28 bits per heavy atom. The summed E-state index contributed by atoms with van der Waals surface area (Å²) in [5, 5.41) is 10.5. The summed E-state index contributed by atoms with van der Waals surface area (Å²) in [6.45, 7) is 6.07. The second-order valence-electron chi connectivity index (χ2n) is 6.50. The average Bonchev–Trinajstić information content (AvgIpc) is 2.75. The number of rotatable bonds is 6. The maximum atomic E-state index is 13.0. The summed E-state index contributed by atoms with van der Waals surface area (Å²) in [6, 6.07) is 16.9. The van der Waals surface area contributed by atoms with Gasteiger partial charge in [0.25, 0.3) is 5.56 Å². The maximum absolute atomic E-state index is 13.0. The summed E-state index contributed by atoms with van der Waals surface area (Å²) in [5.41, 5.74) is 2.11. The van der Waals surface area contributed by atoms with E-state index in [1.54, 1.807) is 19.2 Å². The Kier molecular flexibility index (Phi) is 6.29. The third-order valence-corrected chi connectivity index (χ3v) is 5.26. The molecule has 0 aliphatic carbocycles. The summed E-state index contributed by atoms with van der Waals surface area (Å²) >= 11 is 5.37. The van der Waals surface area contributed by atoms with E-state index in [4.69, 9.17) is 12.2 Å². The molecule has 1 heterocycles. The SMILES string of the molecule is CCN(CC)c1ccc(N=Cc2c(O)n(C)c(=S)n(-c3ccccc3)c2=O)cc1. The second kappa shape index (κ2) is 8.87. The molecule has 0 unspecified atom stereocenters. The van der Waals surface area contributed by atoms with Crippen molar-refractivity contribution in [1.29, 1.82) is 0 Å². The number of anilines is 1. The van der Waals surface area contributed by atoms with Gasteiger partial charge in [0.2, 0.25) is 5.88 Å². The van der Waals surface area contributed by atoms with Crippen molar-refractivity contribution in [1.82, 2.24) is 9.13 Å². The summed E-state index contributed by atoms with van der Waals surface area (Å²) in [4.78, 5) is 19.7. The van der Waals surface area contributed by atoms with Gasteiger partial charge in [-0.05, 0) is 62.5 Å². The number of hydrogen-bond donors (Lipinski definition) is 1. The third kappa shape index (κ3) is 4.14. The molecule has 0 radical (unpaired) electrons. The highest BCUT2D eigenvalue weighted by Gasteiger charge is 2.14. The number of aliphatic imine (C=N–C) groups is 1. The molecule has 2 aromatic carbocycles. The fourth-order valence-electron chi connectivity index (χ4n) is 3.12. The zero-order valence-electron chi connectivity index (χ0n) is 16.7. The first-order valence-corrected chi connectivity index (χ1v) is 9.88. The van der Waals surface area contributed by atoms with Crippen LogP contribution in [-0.4, -0.2) is 33.5 Å². The highest BCUT2D eigenvalue weighted by atomic mass is 32.1. The first-order chi connectivity index (χ1) is 14.0. The second-order valence-corrected chi connectivity index (χ2v) is 6.87. The van der Waals surface area contributed by atoms with Gasteiger partial charge in [-0.1, -0.05) is 18.2 Å². The van der Waals surface area contributed by atoms with E-state index in [0.717, 1.165) is 18.8 Å². The Balaban J connectivity index is 2.03. The number of benzene rings is 2. The number of para-hydroxylation sites is 1. The molecule has 0 aliphatic rings. The normalized spacial score (nSPS) is 11.1. The molecule has 0 bridgehead atoms. The van der Waals surface area contributed by atoms with Gasteiger partial charge in [-0.15, -0.1) is 0 Å². The third-order valence-electron chi connectivity index (χ3n) is 4.81. The van der Waals surface area contributed by atoms with E-state index in [2.05, 4.69) is 23.7 Å². The highest BCUT2D eigenvalue weighted by Crippen LogP contribution is 2.20. The van der Waals surface area contributed by atoms with Crippen molar-refractivity contribution in [2.45, 2.75) is 13.8 Å². The lowest BCUT2D eigenvalue weighted by molar-refractivity contribution is 0.417. The van der Waals surface area contributed by atoms with Gasteiger partial charge in [0, 0.05) is 32.0 Å². The molecule has 0 aliphatic heterocycles. The van der Waals surface area contributed by atoms with Crippen LogP contribution in [0.3, 0.4) is 0 Å². The maximum Gasteiger partial charge on any atom is 0.271 e. The van der Waals surface area contributed by atoms with Gasteiger partial charge in [0.05, 0.1) is 11.4 Å². The fraction of sp³-hybridized carbons (Fsp3) is 0.227. The van der Waals surface area contributed by atoms with Gasteiger partial charge in [-0.25, -0.2) is 0 Å². The minimum atomic E-state index is -0.416. The molecule has 0 saturated heterocycles. The zero-order valence-corrected chi connectivity index (χ0v) is 17.6. The summed E-state index contributed by atoms with van der Waals surface area (Å²) in [5.74, 6) is -0.212. The topological polar surface area (TPSA) is 62.8 Å². The molecule has 3 aromatic rings. The quantitative estimate of drug-likeness (QED) is 0.490. The van der Waals surface area contributed by atoms with Crippen LogP contribution in [0.15, 0.2) is 64.4 Å². The minimum Gasteiger partial charge on any atom is -0.494 e. The average molecular weight is 409 g/mol. The van der Waals surface area contributed by atoms with Crippen LogP contribution in [0, 0.1) is 4.77 Å². The van der Waals surface area contributed by atoms with Crippen LogP contribution in [0.25, 0.3) is 5.69 Å². The molecular formula is C22H24N4O2S. The van der Waals surface area contributed by atoms with Crippen LogP contribution in [0.1, 0.15) is 19.4 Å². The van der Waals surface area contributed by atoms with Crippen molar-refractivity contribution in [3.8, 4) is 11.6 Å². The molecule has 3 rings (SSSR count). The van der Waals surface area contributed by atoms with Crippen molar-refractivity contribution in [3.05, 3.63) is 75.3 Å². The Morgan fingerprint density at radius 2 is 1.69 bits per heavy atom. The first-order valence-electron chi connectivity index (χ1n) is 9.47. The van der Waals surface area contributed by atoms with E-state index in [1.807, 2.05) is 42.5 Å². The van der Waals surface area contributed by atoms with Crippen LogP contribution >= 0.6 is 12.2 Å². The van der Waals surface area contributed by atoms with Crippen molar-refractivity contribution in [2.24, 2.45) is 12.0 Å². The Bertz CT molecular complexity index is 1130. The molecule has 6 nitrogen and oxygen atoms in total. The van der Waals surface area contributed by atoms with Gasteiger partial charge in [0.15, 0.2) is 4.77 Å². The molecule has 0 amide bonds. The summed E-state index contributed by atoms with van der Waals surface area (Å²) < 4.78 is 2.99. The zero-order chi connectivity index (χ0) is 21.0. The number of aromatic nitrogens is 2. The first kappa shape index (κ1) is 20.5. The predicted molar refractivity (Wildman–Crippen MR) is 121 cm³/mol. The Morgan fingerprint density at radius 1 is 1.07 bits per heavy atom. The molecule has 0 fully saturated rings. The number of hydrogen-bond acceptors (Lipinski definition) is 5. The smallest absolute Gasteiger partial charge is 0.271 e. The number of aromatic hydroxyl groups is 1. The van der Waals surface area contributed by atoms with Crippen LogP contribution in [-0.2, 0) is 7.05 Å². The lowest BCUT2D eigenvalue weighted by Gasteiger charge is -2.20. The Labute approximate surface area is 175 Å². The van der Waals surface area contributed by atoms with E-state index in [9.17, 15) is 9.90 Å². The molecule has 7 heteroatoms. The van der Waals surface area contributed by atoms with Crippen LogP contribution in [0.4, 0.5) is 11.4 Å². The molecule has 0 saturated carbocycles. The summed E-state index contributed by atoms with van der Waals surface area (Å²) in [6.07, 6.45) is 1.39. The van der Waals surface area contributed by atoms with Crippen molar-refractivity contribution in [3.63, 3.8) is 0 Å². The van der Waals surface area contributed by atoms with Crippen LogP contribution < -0.4 is 10.5 Å². The van der Waals surface area contributed by atoms with Crippen LogP contribution in [0.5, 0.6) is 5.88 Å². The predicted octanol–water partition coefficient (Wildman–Crippen LogP) is 4.21. The van der Waals surface area contributed by atoms with Gasteiger partial charge < -0.3 is 10.0 Å². The van der Waals surface area contributed by atoms with E-state index in [-0.39, 0.29) is 16.2 Å². The van der Waals surface area contributed by atoms with Gasteiger partial charge in [-0.2, -0.15) is 0 Å².